The highest BCUT2D eigenvalue weighted by Gasteiger charge is 2.41. The maximum absolute atomic E-state index is 14.6. The van der Waals surface area contributed by atoms with Gasteiger partial charge < -0.3 is 10.0 Å². The minimum Gasteiger partial charge on any atom is -0.465 e. The fourth-order valence-electron chi connectivity index (χ4n) is 2.85. The van der Waals surface area contributed by atoms with Gasteiger partial charge in [0.15, 0.2) is 0 Å². The molecular weight excluding hydrogens is 372 g/mol. The van der Waals surface area contributed by atoms with Crippen LogP contribution < -0.4 is 0 Å². The van der Waals surface area contributed by atoms with Gasteiger partial charge in [0.05, 0.1) is 19.4 Å². The van der Waals surface area contributed by atoms with Gasteiger partial charge in [0, 0.05) is 30.1 Å². The normalized spacial score (nSPS) is 17.8. The fraction of sp³-hybridized carbons (Fsp3) is 0.600. The van der Waals surface area contributed by atoms with Crippen LogP contribution in [0.3, 0.4) is 0 Å². The Kier molecular flexibility index (Phi) is 5.71. The van der Waals surface area contributed by atoms with Gasteiger partial charge in [0.2, 0.25) is 0 Å². The summed E-state index contributed by atoms with van der Waals surface area (Å²) in [5.41, 5.74) is 0.275. The van der Waals surface area contributed by atoms with Crippen molar-refractivity contribution in [2.75, 3.05) is 12.9 Å². The first-order chi connectivity index (χ1) is 11.9. The van der Waals surface area contributed by atoms with Crippen molar-refractivity contribution < 1.29 is 31.3 Å². The molecule has 26 heavy (non-hydrogen) atoms. The van der Waals surface area contributed by atoms with Crippen molar-refractivity contribution in [1.29, 1.82) is 0 Å². The predicted octanol–water partition coefficient (Wildman–Crippen LogP) is 2.24. The zero-order chi connectivity index (χ0) is 19.7. The lowest BCUT2D eigenvalue weighted by Gasteiger charge is -2.31. The number of alkyl halides is 2. The number of aromatic amines is 1. The van der Waals surface area contributed by atoms with E-state index in [2.05, 4.69) is 21.0 Å². The Bertz CT molecular complexity index is 806. The van der Waals surface area contributed by atoms with E-state index in [1.54, 1.807) is 6.92 Å². The van der Waals surface area contributed by atoms with Crippen LogP contribution in [0, 0.1) is 0 Å². The Morgan fingerprint density at radius 2 is 2.19 bits per heavy atom. The molecule has 0 fully saturated rings. The van der Waals surface area contributed by atoms with Gasteiger partial charge in [0.1, 0.15) is 5.69 Å². The number of H-pyrrole nitrogens is 1. The summed E-state index contributed by atoms with van der Waals surface area (Å²) < 4.78 is 55.6. The Balaban J connectivity index is 2.11. The molecule has 0 bridgehead atoms. The molecule has 0 saturated carbocycles. The third kappa shape index (κ3) is 4.79. The van der Waals surface area contributed by atoms with E-state index in [1.807, 2.05) is 0 Å². The smallest absolute Gasteiger partial charge is 0.407 e. The Labute approximate surface area is 150 Å². The third-order valence-corrected chi connectivity index (χ3v) is 4.72. The Morgan fingerprint density at radius 3 is 2.77 bits per heavy atom. The molecular formula is C15H21F2N3O5S. The highest BCUT2D eigenvalue weighted by molar-refractivity contribution is 7.85. The van der Waals surface area contributed by atoms with E-state index in [0.29, 0.717) is 5.69 Å². The van der Waals surface area contributed by atoms with E-state index in [-0.39, 0.29) is 43.2 Å². The number of carbonyl (C=O) groups is 1. The van der Waals surface area contributed by atoms with Gasteiger partial charge in [-0.05, 0) is 13.3 Å². The number of hydrogen-bond acceptors (Lipinski definition) is 5. The lowest BCUT2D eigenvalue weighted by atomic mass is 9.95. The lowest BCUT2D eigenvalue weighted by molar-refractivity contribution is -0.0110. The number of aromatic nitrogens is 2. The maximum Gasteiger partial charge on any atom is 0.407 e. The van der Waals surface area contributed by atoms with E-state index in [1.165, 1.54) is 0 Å². The van der Waals surface area contributed by atoms with E-state index >= 15 is 0 Å². The van der Waals surface area contributed by atoms with E-state index < -0.39 is 34.2 Å². The van der Waals surface area contributed by atoms with Crippen molar-refractivity contribution in [3.63, 3.8) is 0 Å². The van der Waals surface area contributed by atoms with Crippen LogP contribution in [0.5, 0.6) is 0 Å². The van der Waals surface area contributed by atoms with Crippen LogP contribution in [0.1, 0.15) is 36.7 Å². The molecule has 2 N–H and O–H groups in total. The summed E-state index contributed by atoms with van der Waals surface area (Å²) in [7, 11) is -3.65. The molecule has 0 radical (unpaired) electrons. The summed E-state index contributed by atoms with van der Waals surface area (Å²) in [5.74, 6) is -3.36. The molecule has 1 aromatic rings. The zero-order valence-corrected chi connectivity index (χ0v) is 15.3. The average molecular weight is 393 g/mol. The minimum atomic E-state index is -3.65. The number of halogens is 2. The molecule has 2 heterocycles. The van der Waals surface area contributed by atoms with Crippen LogP contribution in [0.15, 0.2) is 12.2 Å². The van der Waals surface area contributed by atoms with E-state index in [0.717, 1.165) is 11.2 Å². The molecule has 0 aliphatic carbocycles. The van der Waals surface area contributed by atoms with Gasteiger partial charge in [-0.15, -0.1) is 0 Å². The highest BCUT2D eigenvalue weighted by atomic mass is 32.2. The van der Waals surface area contributed by atoms with Crippen molar-refractivity contribution in [3.05, 3.63) is 29.1 Å². The SMILES string of the molecule is C=C(CCOS(C)(=O)=O)CC(F)(F)c1n[nH]c2c1CN(C(=O)O)[C@H](C)C2. The number of rotatable bonds is 7. The van der Waals surface area contributed by atoms with Crippen LogP contribution in [0.25, 0.3) is 0 Å². The van der Waals surface area contributed by atoms with E-state index in [4.69, 9.17) is 0 Å². The first-order valence-corrected chi connectivity index (χ1v) is 9.67. The Hall–Kier alpha value is -2.01. The number of fused-ring (bicyclic) bond motifs is 1. The van der Waals surface area contributed by atoms with Crippen LogP contribution >= 0.6 is 0 Å². The molecule has 2 rings (SSSR count). The second-order valence-electron chi connectivity index (χ2n) is 6.40. The molecule has 1 aliphatic rings. The quantitative estimate of drug-likeness (QED) is 0.543. The second-order valence-corrected chi connectivity index (χ2v) is 8.04. The molecule has 146 valence electrons. The third-order valence-electron chi connectivity index (χ3n) is 4.13. The van der Waals surface area contributed by atoms with Crippen molar-refractivity contribution in [3.8, 4) is 0 Å². The molecule has 0 unspecified atom stereocenters. The van der Waals surface area contributed by atoms with Gasteiger partial charge in [-0.1, -0.05) is 12.2 Å². The average Bonchev–Trinajstić information content (AvgIpc) is 2.87. The number of hydrogen-bond donors (Lipinski definition) is 2. The van der Waals surface area contributed by atoms with Crippen molar-refractivity contribution >= 4 is 16.2 Å². The molecule has 0 spiro atoms. The zero-order valence-electron chi connectivity index (χ0n) is 14.5. The predicted molar refractivity (Wildman–Crippen MR) is 88.4 cm³/mol. The first-order valence-electron chi connectivity index (χ1n) is 7.85. The monoisotopic (exact) mass is 393 g/mol. The molecule has 1 aliphatic heterocycles. The molecule has 1 atom stereocenters. The van der Waals surface area contributed by atoms with Crippen LogP contribution in [-0.4, -0.2) is 53.6 Å². The largest absolute Gasteiger partial charge is 0.465 e. The van der Waals surface area contributed by atoms with E-state index in [9.17, 15) is 27.1 Å². The number of amides is 1. The van der Waals surface area contributed by atoms with Gasteiger partial charge in [-0.25, -0.2) is 4.79 Å². The molecule has 1 aromatic heterocycles. The number of nitrogens with zero attached hydrogens (tertiary/aromatic N) is 2. The lowest BCUT2D eigenvalue weighted by Crippen LogP contribution is -2.42. The summed E-state index contributed by atoms with van der Waals surface area (Å²) in [4.78, 5) is 12.4. The van der Waals surface area contributed by atoms with Crippen molar-refractivity contribution in [2.24, 2.45) is 0 Å². The molecule has 11 heteroatoms. The molecule has 8 nitrogen and oxygen atoms in total. The highest BCUT2D eigenvalue weighted by Crippen LogP contribution is 2.38. The summed E-state index contributed by atoms with van der Waals surface area (Å²) in [5, 5.41) is 15.5. The summed E-state index contributed by atoms with van der Waals surface area (Å²) in [6.07, 6.45) is -0.822. The minimum absolute atomic E-state index is 0.0481. The maximum atomic E-state index is 14.6. The summed E-state index contributed by atoms with van der Waals surface area (Å²) in [6, 6.07) is -0.343. The summed E-state index contributed by atoms with van der Waals surface area (Å²) >= 11 is 0. The number of nitrogens with one attached hydrogen (secondary N) is 1. The molecule has 1 amide bonds. The standard InChI is InChI=1S/C15H21F2N3O5S/c1-9(4-5-25-26(3,23)24)7-15(16,17)13-11-8-20(14(21)22)10(2)6-12(11)18-19-13/h10H,1,4-8H2,2-3H3,(H,18,19)(H,21,22)/t10-/m1/s1. The fourth-order valence-corrected chi connectivity index (χ4v) is 3.24. The molecule has 0 aromatic carbocycles. The Morgan fingerprint density at radius 1 is 1.54 bits per heavy atom. The number of carboxylic acid groups (broad SMARTS) is 1. The first kappa shape index (κ1) is 20.3. The molecule has 0 saturated heterocycles. The van der Waals surface area contributed by atoms with Gasteiger partial charge in [-0.3, -0.25) is 9.28 Å². The van der Waals surface area contributed by atoms with Crippen molar-refractivity contribution in [1.82, 2.24) is 15.1 Å². The summed E-state index contributed by atoms with van der Waals surface area (Å²) in [6.45, 7) is 4.80. The van der Waals surface area contributed by atoms with Gasteiger partial charge in [0.25, 0.3) is 16.0 Å². The van der Waals surface area contributed by atoms with Crippen LogP contribution in [0.4, 0.5) is 13.6 Å². The van der Waals surface area contributed by atoms with Gasteiger partial charge in [-0.2, -0.15) is 22.3 Å². The van der Waals surface area contributed by atoms with Crippen molar-refractivity contribution in [2.45, 2.75) is 44.7 Å². The topological polar surface area (TPSA) is 113 Å². The van der Waals surface area contributed by atoms with Gasteiger partial charge >= 0.3 is 6.09 Å². The second kappa shape index (κ2) is 7.31. The van der Waals surface area contributed by atoms with Crippen LogP contribution in [0.2, 0.25) is 0 Å². The van der Waals surface area contributed by atoms with Crippen LogP contribution in [-0.2, 0) is 33.2 Å².